The normalized spacial score (nSPS) is 19.9. The molecule has 7 heteroatoms. The predicted molar refractivity (Wildman–Crippen MR) is 99.8 cm³/mol. The van der Waals surface area contributed by atoms with Gasteiger partial charge in [-0.1, -0.05) is 51.1 Å². The molecule has 1 unspecified atom stereocenters. The van der Waals surface area contributed by atoms with Crippen molar-refractivity contribution < 1.29 is 14.7 Å². The summed E-state index contributed by atoms with van der Waals surface area (Å²) in [6, 6.07) is 10.5. The molecule has 1 saturated heterocycles. The Hall–Kier alpha value is -2.96. The predicted octanol–water partition coefficient (Wildman–Crippen LogP) is 1.94. The molecule has 1 aliphatic heterocycles. The Morgan fingerprint density at radius 1 is 1.22 bits per heavy atom. The van der Waals surface area contributed by atoms with Crippen molar-refractivity contribution in [1.82, 2.24) is 14.9 Å². The molecule has 2 heterocycles. The van der Waals surface area contributed by atoms with Crippen LogP contribution in [-0.4, -0.2) is 44.9 Å². The van der Waals surface area contributed by atoms with Crippen LogP contribution in [0.25, 0.3) is 0 Å². The number of hydrogen-bond donors (Lipinski definition) is 2. The van der Waals surface area contributed by atoms with E-state index in [1.54, 1.807) is 30.3 Å². The minimum atomic E-state index is -1.15. The summed E-state index contributed by atoms with van der Waals surface area (Å²) in [6.45, 7) is 6.11. The highest BCUT2D eigenvalue weighted by atomic mass is 16.4. The zero-order valence-electron chi connectivity index (χ0n) is 15.7. The first-order valence-corrected chi connectivity index (χ1v) is 8.83. The second-order valence-electron chi connectivity index (χ2n) is 7.97. The van der Waals surface area contributed by atoms with Gasteiger partial charge in [0.2, 0.25) is 0 Å². The highest BCUT2D eigenvalue weighted by Gasteiger charge is 2.47. The number of H-pyrrole nitrogens is 1. The fourth-order valence-corrected chi connectivity index (χ4v) is 3.41. The number of carbonyl (C=O) groups is 2. The number of aliphatic carboxylic acids is 1. The first-order chi connectivity index (χ1) is 12.6. The molecule has 1 aromatic carbocycles. The second kappa shape index (κ2) is 6.64. The number of aromatic nitrogens is 2. The van der Waals surface area contributed by atoms with Gasteiger partial charge in [-0.25, -0.2) is 4.79 Å². The minimum absolute atomic E-state index is 0.0397. The van der Waals surface area contributed by atoms with E-state index < -0.39 is 23.0 Å². The molecule has 1 fully saturated rings. The Bertz CT molecular complexity index is 930. The number of rotatable bonds is 3. The van der Waals surface area contributed by atoms with E-state index in [0.29, 0.717) is 24.2 Å². The summed E-state index contributed by atoms with van der Waals surface area (Å²) >= 11 is 0. The molecule has 1 aliphatic rings. The monoisotopic (exact) mass is 369 g/mol. The summed E-state index contributed by atoms with van der Waals surface area (Å²) in [4.78, 5) is 44.8. The lowest BCUT2D eigenvalue weighted by Crippen LogP contribution is -2.41. The molecule has 0 spiro atoms. The van der Waals surface area contributed by atoms with Gasteiger partial charge in [0.05, 0.1) is 0 Å². The molecule has 0 radical (unpaired) electrons. The number of nitrogens with one attached hydrogen (secondary N) is 1. The first kappa shape index (κ1) is 18.8. The van der Waals surface area contributed by atoms with E-state index in [0.717, 1.165) is 0 Å². The van der Waals surface area contributed by atoms with Gasteiger partial charge in [0, 0.05) is 24.2 Å². The number of nitrogens with zero attached hydrogens (tertiary/aromatic N) is 2. The van der Waals surface area contributed by atoms with Crippen LogP contribution in [0.2, 0.25) is 0 Å². The molecule has 1 amide bonds. The van der Waals surface area contributed by atoms with Crippen LogP contribution in [0, 0.1) is 0 Å². The zero-order chi connectivity index (χ0) is 19.8. The van der Waals surface area contributed by atoms with E-state index in [4.69, 9.17) is 0 Å². The lowest BCUT2D eigenvalue weighted by Gasteiger charge is -2.25. The Morgan fingerprint density at radius 3 is 2.48 bits per heavy atom. The van der Waals surface area contributed by atoms with Crippen LogP contribution in [0.4, 0.5) is 0 Å². The van der Waals surface area contributed by atoms with Gasteiger partial charge in [-0.15, -0.1) is 0 Å². The highest BCUT2D eigenvalue weighted by molar-refractivity contribution is 5.94. The topological polar surface area (TPSA) is 103 Å². The first-order valence-electron chi connectivity index (χ1n) is 8.83. The van der Waals surface area contributed by atoms with Crippen LogP contribution in [0.3, 0.4) is 0 Å². The lowest BCUT2D eigenvalue weighted by molar-refractivity contribution is -0.143. The van der Waals surface area contributed by atoms with E-state index in [1.165, 1.54) is 4.90 Å². The third kappa shape index (κ3) is 3.49. The minimum Gasteiger partial charge on any atom is -0.481 e. The van der Waals surface area contributed by atoms with Crippen LogP contribution >= 0.6 is 0 Å². The maximum Gasteiger partial charge on any atom is 0.345 e. The van der Waals surface area contributed by atoms with Crippen molar-refractivity contribution in [2.45, 2.75) is 38.0 Å². The van der Waals surface area contributed by atoms with Crippen molar-refractivity contribution in [2.75, 3.05) is 13.1 Å². The van der Waals surface area contributed by atoms with E-state index in [9.17, 15) is 19.5 Å². The van der Waals surface area contributed by atoms with Gasteiger partial charge in [0.25, 0.3) is 5.91 Å². The molecular weight excluding hydrogens is 346 g/mol. The van der Waals surface area contributed by atoms with Crippen molar-refractivity contribution in [3.05, 3.63) is 63.8 Å². The van der Waals surface area contributed by atoms with Gasteiger partial charge in [-0.05, 0) is 18.1 Å². The van der Waals surface area contributed by atoms with Crippen LogP contribution in [0.1, 0.15) is 48.9 Å². The Kier molecular flexibility index (Phi) is 4.63. The molecule has 2 N–H and O–H groups in total. The average molecular weight is 369 g/mol. The second-order valence-corrected chi connectivity index (χ2v) is 7.97. The molecule has 27 heavy (non-hydrogen) atoms. The van der Waals surface area contributed by atoms with Crippen molar-refractivity contribution in [2.24, 2.45) is 0 Å². The van der Waals surface area contributed by atoms with E-state index in [1.807, 2.05) is 26.8 Å². The van der Waals surface area contributed by atoms with Crippen molar-refractivity contribution in [3.8, 4) is 0 Å². The van der Waals surface area contributed by atoms with E-state index in [-0.39, 0.29) is 17.7 Å². The molecule has 142 valence electrons. The van der Waals surface area contributed by atoms with Gasteiger partial charge in [-0.2, -0.15) is 4.98 Å². The Balaban J connectivity index is 1.93. The van der Waals surface area contributed by atoms with Crippen LogP contribution in [0.5, 0.6) is 0 Å². The smallest absolute Gasteiger partial charge is 0.345 e. The molecule has 0 saturated carbocycles. The molecular formula is C20H23N3O4. The number of carbonyl (C=O) groups excluding carboxylic acids is 1. The third-order valence-corrected chi connectivity index (χ3v) is 5.06. The molecule has 1 atom stereocenters. The van der Waals surface area contributed by atoms with Crippen molar-refractivity contribution in [1.29, 1.82) is 0 Å². The van der Waals surface area contributed by atoms with Crippen molar-refractivity contribution >= 4 is 11.9 Å². The summed E-state index contributed by atoms with van der Waals surface area (Å²) in [5, 5.41) is 9.87. The van der Waals surface area contributed by atoms with Gasteiger partial charge in [0.15, 0.2) is 0 Å². The van der Waals surface area contributed by atoms with Crippen LogP contribution in [-0.2, 0) is 15.6 Å². The molecule has 0 bridgehead atoms. The summed E-state index contributed by atoms with van der Waals surface area (Å²) in [5.41, 5.74) is -0.766. The number of aromatic amines is 1. The van der Waals surface area contributed by atoms with Gasteiger partial charge >= 0.3 is 11.7 Å². The quantitative estimate of drug-likeness (QED) is 0.860. The zero-order valence-corrected chi connectivity index (χ0v) is 15.7. The maximum absolute atomic E-state index is 12.9. The number of likely N-dealkylation sites (tertiary alicyclic amines) is 1. The number of carboxylic acids is 1. The van der Waals surface area contributed by atoms with Crippen LogP contribution < -0.4 is 5.69 Å². The Labute approximate surface area is 157 Å². The fraction of sp³-hybridized carbons (Fsp3) is 0.400. The fourth-order valence-electron chi connectivity index (χ4n) is 3.41. The van der Waals surface area contributed by atoms with E-state index >= 15 is 0 Å². The number of carboxylic acid groups (broad SMARTS) is 1. The van der Waals surface area contributed by atoms with Gasteiger partial charge in [0.1, 0.15) is 11.1 Å². The largest absolute Gasteiger partial charge is 0.481 e. The number of amides is 1. The Morgan fingerprint density at radius 2 is 1.89 bits per heavy atom. The summed E-state index contributed by atoms with van der Waals surface area (Å²) in [6.07, 6.45) is 0.313. The summed E-state index contributed by atoms with van der Waals surface area (Å²) in [7, 11) is 0. The molecule has 1 aromatic heterocycles. The lowest BCUT2D eigenvalue weighted by atomic mass is 9.80. The SMILES string of the molecule is CC(C)(C)c1cc(C(=O)N2CCC(C(=O)O)(c3ccccc3)C2)nc(=O)[nH]1. The number of benzene rings is 1. The molecule has 7 nitrogen and oxygen atoms in total. The average Bonchev–Trinajstić information content (AvgIpc) is 3.07. The highest BCUT2D eigenvalue weighted by Crippen LogP contribution is 2.35. The maximum atomic E-state index is 12.9. The van der Waals surface area contributed by atoms with Crippen LogP contribution in [0.15, 0.2) is 41.2 Å². The van der Waals surface area contributed by atoms with Gasteiger partial charge < -0.3 is 15.0 Å². The standard InChI is InChI=1S/C20H23N3O4/c1-19(2,3)15-11-14(21-18(27)22-15)16(24)23-10-9-20(12-23,17(25)26)13-7-5-4-6-8-13/h4-8,11H,9-10,12H2,1-3H3,(H,25,26)(H,21,22,27). The molecule has 3 rings (SSSR count). The van der Waals surface area contributed by atoms with E-state index in [2.05, 4.69) is 9.97 Å². The molecule has 2 aromatic rings. The molecule has 0 aliphatic carbocycles. The van der Waals surface area contributed by atoms with Gasteiger partial charge in [-0.3, -0.25) is 9.59 Å². The summed E-state index contributed by atoms with van der Waals surface area (Å²) in [5.74, 6) is -1.39. The number of hydrogen-bond acceptors (Lipinski definition) is 4. The summed E-state index contributed by atoms with van der Waals surface area (Å²) < 4.78 is 0. The van der Waals surface area contributed by atoms with Crippen molar-refractivity contribution in [3.63, 3.8) is 0 Å². The third-order valence-electron chi connectivity index (χ3n) is 5.06.